The first kappa shape index (κ1) is 18.4. The number of ether oxygens (including phenoxy) is 1. The van der Waals surface area contributed by atoms with E-state index in [1.165, 1.54) is 16.9 Å². The molecular formula is C18H25N3O2S. The van der Waals surface area contributed by atoms with Gasteiger partial charge in [0.25, 0.3) is 5.91 Å². The Bertz CT molecular complexity index is 672. The first-order valence-corrected chi connectivity index (χ1v) is 8.91. The van der Waals surface area contributed by atoms with Gasteiger partial charge < -0.3 is 4.74 Å². The van der Waals surface area contributed by atoms with Gasteiger partial charge in [-0.1, -0.05) is 58.1 Å². The van der Waals surface area contributed by atoms with E-state index in [4.69, 9.17) is 4.74 Å². The molecule has 1 aromatic carbocycles. The number of carbonyl (C=O) groups is 1. The Balaban J connectivity index is 1.83. The van der Waals surface area contributed by atoms with Crippen LogP contribution in [0.2, 0.25) is 0 Å². The number of rotatable bonds is 6. The summed E-state index contributed by atoms with van der Waals surface area (Å²) in [5, 5.41) is 12.2. The average molecular weight is 347 g/mol. The summed E-state index contributed by atoms with van der Waals surface area (Å²) in [6.07, 6.45) is 0.865. The highest BCUT2D eigenvalue weighted by Gasteiger charge is 2.13. The molecule has 0 aliphatic rings. The van der Waals surface area contributed by atoms with Gasteiger partial charge in [-0.3, -0.25) is 10.1 Å². The van der Waals surface area contributed by atoms with Crippen molar-refractivity contribution in [3.8, 4) is 5.75 Å². The largest absolute Gasteiger partial charge is 0.484 e. The maximum Gasteiger partial charge on any atom is 0.264 e. The minimum atomic E-state index is -0.234. The maximum absolute atomic E-state index is 11.9. The molecule has 0 aliphatic carbocycles. The van der Waals surface area contributed by atoms with Gasteiger partial charge in [-0.05, 0) is 29.0 Å². The Morgan fingerprint density at radius 1 is 1.21 bits per heavy atom. The molecule has 0 atom stereocenters. The summed E-state index contributed by atoms with van der Waals surface area (Å²) in [5.74, 6) is 0.957. The molecule has 6 heteroatoms. The van der Waals surface area contributed by atoms with Crippen molar-refractivity contribution in [1.29, 1.82) is 0 Å². The number of nitrogens with one attached hydrogen (secondary N) is 1. The van der Waals surface area contributed by atoms with E-state index in [9.17, 15) is 4.79 Å². The fraction of sp³-hybridized carbons (Fsp3) is 0.500. The molecule has 0 spiro atoms. The van der Waals surface area contributed by atoms with Gasteiger partial charge in [0.05, 0.1) is 0 Å². The molecular weight excluding hydrogens is 322 g/mol. The highest BCUT2D eigenvalue weighted by atomic mass is 32.1. The molecule has 0 saturated carbocycles. The second kappa shape index (κ2) is 7.75. The maximum atomic E-state index is 11.9. The third kappa shape index (κ3) is 5.60. The number of anilines is 1. The van der Waals surface area contributed by atoms with E-state index in [2.05, 4.69) is 50.1 Å². The molecule has 1 amide bonds. The lowest BCUT2D eigenvalue weighted by atomic mass is 9.87. The standard InChI is InChI=1S/C18H25N3O2S/c1-12(2)10-16-20-21-17(24-16)19-15(22)11-23-14-8-6-13(7-9-14)18(3,4)5/h6-9,12H,10-11H2,1-5H3,(H,19,21,22). The monoisotopic (exact) mass is 347 g/mol. The molecule has 2 rings (SSSR count). The zero-order valence-electron chi connectivity index (χ0n) is 14.9. The van der Waals surface area contributed by atoms with Gasteiger partial charge in [0.1, 0.15) is 10.8 Å². The smallest absolute Gasteiger partial charge is 0.264 e. The lowest BCUT2D eigenvalue weighted by molar-refractivity contribution is -0.118. The fourth-order valence-electron chi connectivity index (χ4n) is 2.09. The van der Waals surface area contributed by atoms with E-state index < -0.39 is 0 Å². The number of carbonyl (C=O) groups excluding carboxylic acids is 1. The molecule has 0 unspecified atom stereocenters. The van der Waals surface area contributed by atoms with Crippen molar-refractivity contribution >= 4 is 22.4 Å². The Hall–Kier alpha value is -1.95. The van der Waals surface area contributed by atoms with Gasteiger partial charge in [0.2, 0.25) is 5.13 Å². The molecule has 0 saturated heterocycles. The van der Waals surface area contributed by atoms with Crippen LogP contribution < -0.4 is 10.1 Å². The second-order valence-corrected chi connectivity index (χ2v) is 8.27. The Morgan fingerprint density at radius 2 is 1.88 bits per heavy atom. The molecule has 1 heterocycles. The van der Waals surface area contributed by atoms with Crippen LogP contribution in [-0.2, 0) is 16.6 Å². The molecule has 130 valence electrons. The van der Waals surface area contributed by atoms with Gasteiger partial charge in [-0.15, -0.1) is 10.2 Å². The summed E-state index contributed by atoms with van der Waals surface area (Å²) < 4.78 is 5.52. The topological polar surface area (TPSA) is 64.1 Å². The lowest BCUT2D eigenvalue weighted by Gasteiger charge is -2.19. The van der Waals surface area contributed by atoms with Crippen molar-refractivity contribution in [1.82, 2.24) is 10.2 Å². The molecule has 0 bridgehead atoms. The summed E-state index contributed by atoms with van der Waals surface area (Å²) in [6, 6.07) is 7.82. The Kier molecular flexibility index (Phi) is 5.94. The van der Waals surface area contributed by atoms with E-state index >= 15 is 0 Å². The number of hydrogen-bond donors (Lipinski definition) is 1. The molecule has 2 aromatic rings. The van der Waals surface area contributed by atoms with Crippen LogP contribution in [0.15, 0.2) is 24.3 Å². The Morgan fingerprint density at radius 3 is 2.46 bits per heavy atom. The van der Waals surface area contributed by atoms with Crippen molar-refractivity contribution < 1.29 is 9.53 Å². The van der Waals surface area contributed by atoms with Crippen molar-refractivity contribution in [2.24, 2.45) is 5.92 Å². The molecule has 1 aromatic heterocycles. The normalized spacial score (nSPS) is 11.6. The van der Waals surface area contributed by atoms with Crippen molar-refractivity contribution in [2.75, 3.05) is 11.9 Å². The number of hydrogen-bond acceptors (Lipinski definition) is 5. The summed E-state index contributed by atoms with van der Waals surface area (Å²) in [5.41, 5.74) is 1.33. The van der Waals surface area contributed by atoms with E-state index in [-0.39, 0.29) is 17.9 Å². The minimum Gasteiger partial charge on any atom is -0.484 e. The third-order valence-corrected chi connectivity index (χ3v) is 4.25. The molecule has 0 fully saturated rings. The van der Waals surface area contributed by atoms with Gasteiger partial charge in [0.15, 0.2) is 6.61 Å². The summed E-state index contributed by atoms with van der Waals surface area (Å²) in [7, 11) is 0. The Labute approximate surface area is 147 Å². The molecule has 0 radical (unpaired) electrons. The van der Waals surface area contributed by atoms with Crippen LogP contribution in [0.3, 0.4) is 0 Å². The first-order valence-electron chi connectivity index (χ1n) is 8.09. The van der Waals surface area contributed by atoms with Gasteiger partial charge in [-0.2, -0.15) is 0 Å². The van der Waals surface area contributed by atoms with Gasteiger partial charge in [-0.25, -0.2) is 0 Å². The molecule has 24 heavy (non-hydrogen) atoms. The van der Waals surface area contributed by atoms with E-state index in [0.29, 0.717) is 16.8 Å². The van der Waals surface area contributed by atoms with Crippen molar-refractivity contribution in [2.45, 2.75) is 46.5 Å². The van der Waals surface area contributed by atoms with E-state index in [1.807, 2.05) is 24.3 Å². The van der Waals surface area contributed by atoms with Crippen LogP contribution in [0.4, 0.5) is 5.13 Å². The zero-order valence-corrected chi connectivity index (χ0v) is 15.7. The first-order chi connectivity index (χ1) is 11.2. The van der Waals surface area contributed by atoms with E-state index in [0.717, 1.165) is 11.4 Å². The number of benzene rings is 1. The predicted octanol–water partition coefficient (Wildman–Crippen LogP) is 4.05. The summed E-state index contributed by atoms with van der Waals surface area (Å²) in [6.45, 7) is 10.7. The van der Waals surface area contributed by atoms with Crippen LogP contribution in [0.5, 0.6) is 5.75 Å². The van der Waals surface area contributed by atoms with Crippen LogP contribution in [0, 0.1) is 5.92 Å². The van der Waals surface area contributed by atoms with Gasteiger partial charge in [0, 0.05) is 6.42 Å². The fourth-order valence-corrected chi connectivity index (χ4v) is 3.06. The SMILES string of the molecule is CC(C)Cc1nnc(NC(=O)COc2ccc(C(C)(C)C)cc2)s1. The number of amides is 1. The van der Waals surface area contributed by atoms with Crippen LogP contribution in [-0.4, -0.2) is 22.7 Å². The quantitative estimate of drug-likeness (QED) is 0.856. The van der Waals surface area contributed by atoms with Crippen molar-refractivity contribution in [3.63, 3.8) is 0 Å². The summed E-state index contributed by atoms with van der Waals surface area (Å²) >= 11 is 1.41. The second-order valence-electron chi connectivity index (χ2n) is 7.21. The van der Waals surface area contributed by atoms with Crippen LogP contribution >= 0.6 is 11.3 Å². The highest BCUT2D eigenvalue weighted by molar-refractivity contribution is 7.15. The average Bonchev–Trinajstić information content (AvgIpc) is 2.91. The number of nitrogens with zero attached hydrogens (tertiary/aromatic N) is 2. The molecule has 5 nitrogen and oxygen atoms in total. The third-order valence-electron chi connectivity index (χ3n) is 3.39. The molecule has 0 aliphatic heterocycles. The van der Waals surface area contributed by atoms with Crippen LogP contribution in [0.1, 0.15) is 45.2 Å². The van der Waals surface area contributed by atoms with Crippen LogP contribution in [0.25, 0.3) is 0 Å². The van der Waals surface area contributed by atoms with Gasteiger partial charge >= 0.3 is 0 Å². The van der Waals surface area contributed by atoms with Crippen molar-refractivity contribution in [3.05, 3.63) is 34.8 Å². The summed E-state index contributed by atoms with van der Waals surface area (Å²) in [4.78, 5) is 11.9. The molecule has 1 N–H and O–H groups in total. The zero-order chi connectivity index (χ0) is 17.7. The minimum absolute atomic E-state index is 0.0477. The lowest BCUT2D eigenvalue weighted by Crippen LogP contribution is -2.20. The predicted molar refractivity (Wildman–Crippen MR) is 97.7 cm³/mol. The number of aromatic nitrogens is 2. The van der Waals surface area contributed by atoms with E-state index in [1.54, 1.807) is 0 Å². The highest BCUT2D eigenvalue weighted by Crippen LogP contribution is 2.24.